The molecule has 2 heterocycles. The first-order valence-corrected chi connectivity index (χ1v) is 10.7. The molecule has 0 unspecified atom stereocenters. The number of halogens is 2. The van der Waals surface area contributed by atoms with Crippen molar-refractivity contribution in [2.45, 2.75) is 16.4 Å². The summed E-state index contributed by atoms with van der Waals surface area (Å²) in [6.45, 7) is 0. The maximum absolute atomic E-state index is 13.0. The van der Waals surface area contributed by atoms with Gasteiger partial charge in [0.1, 0.15) is 11.6 Å². The Hall–Kier alpha value is -1.96. The van der Waals surface area contributed by atoms with Crippen molar-refractivity contribution in [1.29, 1.82) is 0 Å². The van der Waals surface area contributed by atoms with Crippen molar-refractivity contribution in [3.63, 3.8) is 0 Å². The lowest BCUT2D eigenvalue weighted by molar-refractivity contribution is -0.113. The van der Waals surface area contributed by atoms with Gasteiger partial charge in [-0.15, -0.1) is 11.8 Å². The topological polar surface area (TPSA) is 46.9 Å². The Morgan fingerprint density at radius 2 is 2.07 bits per heavy atom. The van der Waals surface area contributed by atoms with E-state index in [1.807, 2.05) is 18.2 Å². The molecule has 4 nitrogen and oxygen atoms in total. The molecule has 27 heavy (non-hydrogen) atoms. The minimum atomic E-state index is -0.290. The smallest absolute Gasteiger partial charge is 0.235 e. The van der Waals surface area contributed by atoms with E-state index >= 15 is 0 Å². The highest BCUT2D eigenvalue weighted by atomic mass is 35.5. The lowest BCUT2D eigenvalue weighted by atomic mass is 10.2. The molecular weight excluding hydrogens is 405 g/mol. The van der Waals surface area contributed by atoms with Crippen LogP contribution in [0, 0.1) is 5.82 Å². The summed E-state index contributed by atoms with van der Waals surface area (Å²) in [6, 6.07) is 13.5. The zero-order valence-corrected chi connectivity index (χ0v) is 16.5. The number of carbonyl (C=O) groups is 1. The normalized spacial score (nSPS) is 12.8. The average Bonchev–Trinajstić information content (AvgIpc) is 3.24. The molecule has 1 N–H and O–H groups in total. The van der Waals surface area contributed by atoms with E-state index in [0.717, 1.165) is 33.3 Å². The van der Waals surface area contributed by atoms with Gasteiger partial charge in [0.05, 0.1) is 17.1 Å². The van der Waals surface area contributed by atoms with Gasteiger partial charge in [-0.05, 0) is 42.5 Å². The molecule has 0 aliphatic carbocycles. The van der Waals surface area contributed by atoms with Crippen LogP contribution in [-0.4, -0.2) is 21.4 Å². The third-order valence-electron chi connectivity index (χ3n) is 4.05. The molecule has 8 heteroatoms. The fourth-order valence-electron chi connectivity index (χ4n) is 2.78. The minimum absolute atomic E-state index is 0.132. The van der Waals surface area contributed by atoms with Gasteiger partial charge >= 0.3 is 0 Å². The van der Waals surface area contributed by atoms with Crippen LogP contribution in [0.3, 0.4) is 0 Å². The lowest BCUT2D eigenvalue weighted by Gasteiger charge is -2.11. The standard InChI is InChI=1S/C19H15ClFN3OS2/c20-12-2-1-3-14(8-12)24-19(16-9-26-10-17(16)23-24)22-18(25)11-27-15-6-4-13(21)5-7-15/h1-8H,9-11H2,(H,22,25). The molecule has 0 atom stereocenters. The Labute approximate surface area is 169 Å². The molecule has 1 aliphatic heterocycles. The number of nitrogens with one attached hydrogen (secondary N) is 1. The van der Waals surface area contributed by atoms with Crippen LogP contribution >= 0.6 is 35.1 Å². The van der Waals surface area contributed by atoms with Crippen LogP contribution in [0.25, 0.3) is 5.69 Å². The van der Waals surface area contributed by atoms with Crippen molar-refractivity contribution < 1.29 is 9.18 Å². The molecule has 0 saturated heterocycles. The molecule has 1 aromatic heterocycles. The molecule has 2 aromatic carbocycles. The van der Waals surface area contributed by atoms with Gasteiger partial charge in [-0.3, -0.25) is 4.79 Å². The second-order valence-electron chi connectivity index (χ2n) is 5.95. The van der Waals surface area contributed by atoms with E-state index in [1.54, 1.807) is 34.6 Å². The van der Waals surface area contributed by atoms with Gasteiger partial charge in [-0.2, -0.15) is 16.9 Å². The Balaban J connectivity index is 1.54. The van der Waals surface area contributed by atoms with Crippen molar-refractivity contribution in [3.8, 4) is 5.69 Å². The van der Waals surface area contributed by atoms with Crippen LogP contribution < -0.4 is 5.32 Å². The van der Waals surface area contributed by atoms with Crippen LogP contribution in [0.1, 0.15) is 11.3 Å². The number of amides is 1. The van der Waals surface area contributed by atoms with Gasteiger partial charge in [0.15, 0.2) is 0 Å². The number of rotatable bonds is 5. The van der Waals surface area contributed by atoms with Crippen molar-refractivity contribution in [3.05, 3.63) is 70.6 Å². The molecule has 0 fully saturated rings. The zero-order chi connectivity index (χ0) is 18.8. The van der Waals surface area contributed by atoms with E-state index < -0.39 is 0 Å². The quantitative estimate of drug-likeness (QED) is 0.581. The Morgan fingerprint density at radius 1 is 1.26 bits per heavy atom. The molecule has 3 aromatic rings. The van der Waals surface area contributed by atoms with Gasteiger partial charge in [-0.25, -0.2) is 9.07 Å². The Kier molecular flexibility index (Phi) is 5.43. The van der Waals surface area contributed by atoms with Crippen LogP contribution in [0.5, 0.6) is 0 Å². The first-order valence-electron chi connectivity index (χ1n) is 8.23. The van der Waals surface area contributed by atoms with Gasteiger partial charge in [0.25, 0.3) is 0 Å². The minimum Gasteiger partial charge on any atom is -0.310 e. The zero-order valence-electron chi connectivity index (χ0n) is 14.1. The number of fused-ring (bicyclic) bond motifs is 1. The molecular formula is C19H15ClFN3OS2. The summed E-state index contributed by atoms with van der Waals surface area (Å²) < 4.78 is 14.7. The van der Waals surface area contributed by atoms with Gasteiger partial charge in [-0.1, -0.05) is 17.7 Å². The van der Waals surface area contributed by atoms with Gasteiger partial charge < -0.3 is 5.32 Å². The molecule has 1 amide bonds. The molecule has 0 radical (unpaired) electrons. The molecule has 4 rings (SSSR count). The van der Waals surface area contributed by atoms with E-state index in [0.29, 0.717) is 10.8 Å². The summed E-state index contributed by atoms with van der Waals surface area (Å²) >= 11 is 9.25. The van der Waals surface area contributed by atoms with Crippen LogP contribution in [0.2, 0.25) is 5.02 Å². The van der Waals surface area contributed by atoms with Gasteiger partial charge in [0.2, 0.25) is 5.91 Å². The fourth-order valence-corrected chi connectivity index (χ4v) is 4.70. The van der Waals surface area contributed by atoms with Crippen molar-refractivity contribution in [1.82, 2.24) is 9.78 Å². The number of aromatic nitrogens is 2. The third kappa shape index (κ3) is 4.15. The first-order chi connectivity index (χ1) is 13.1. The van der Waals surface area contributed by atoms with Crippen LogP contribution in [-0.2, 0) is 16.3 Å². The number of anilines is 1. The molecule has 0 bridgehead atoms. The van der Waals surface area contributed by atoms with Crippen molar-refractivity contribution in [2.75, 3.05) is 11.1 Å². The second kappa shape index (κ2) is 7.96. The van der Waals surface area contributed by atoms with Crippen LogP contribution in [0.4, 0.5) is 10.2 Å². The lowest BCUT2D eigenvalue weighted by Crippen LogP contribution is -2.18. The Bertz CT molecular complexity index is 991. The largest absolute Gasteiger partial charge is 0.310 e. The maximum atomic E-state index is 13.0. The Morgan fingerprint density at radius 3 is 2.85 bits per heavy atom. The third-order valence-corrected chi connectivity index (χ3v) is 6.26. The summed E-state index contributed by atoms with van der Waals surface area (Å²) in [4.78, 5) is 13.4. The second-order valence-corrected chi connectivity index (χ2v) is 8.42. The van der Waals surface area contributed by atoms with E-state index in [9.17, 15) is 9.18 Å². The fraction of sp³-hybridized carbons (Fsp3) is 0.158. The predicted octanol–water partition coefficient (Wildman–Crippen LogP) is 5.14. The van der Waals surface area contributed by atoms with E-state index in [-0.39, 0.29) is 17.5 Å². The number of nitrogens with zero attached hydrogens (tertiary/aromatic N) is 2. The number of thioether (sulfide) groups is 2. The summed E-state index contributed by atoms with van der Waals surface area (Å²) in [6.07, 6.45) is 0. The number of carbonyl (C=O) groups excluding carboxylic acids is 1. The van der Waals surface area contributed by atoms with Crippen LogP contribution in [0.15, 0.2) is 53.4 Å². The predicted molar refractivity (Wildman–Crippen MR) is 109 cm³/mol. The van der Waals surface area contributed by atoms with Crippen molar-refractivity contribution in [2.24, 2.45) is 0 Å². The first kappa shape index (κ1) is 18.4. The van der Waals surface area contributed by atoms with Crippen molar-refractivity contribution >= 4 is 46.8 Å². The molecule has 0 saturated carbocycles. The van der Waals surface area contributed by atoms with E-state index in [4.69, 9.17) is 11.6 Å². The number of hydrogen-bond acceptors (Lipinski definition) is 4. The SMILES string of the molecule is O=C(CSc1ccc(F)cc1)Nc1c2c(nn1-c1cccc(Cl)c1)CSC2. The summed E-state index contributed by atoms with van der Waals surface area (Å²) in [5.41, 5.74) is 2.85. The molecule has 138 valence electrons. The maximum Gasteiger partial charge on any atom is 0.235 e. The van der Waals surface area contributed by atoms with Gasteiger partial charge in [0, 0.05) is 27.0 Å². The summed E-state index contributed by atoms with van der Waals surface area (Å²) in [5.74, 6) is 2.15. The monoisotopic (exact) mass is 419 g/mol. The molecule has 1 aliphatic rings. The molecule has 0 spiro atoms. The highest BCUT2D eigenvalue weighted by Gasteiger charge is 2.24. The number of hydrogen-bond donors (Lipinski definition) is 1. The average molecular weight is 420 g/mol. The van der Waals surface area contributed by atoms with E-state index in [1.165, 1.54) is 23.9 Å². The highest BCUT2D eigenvalue weighted by molar-refractivity contribution is 8.00. The number of benzene rings is 2. The summed E-state index contributed by atoms with van der Waals surface area (Å²) in [5, 5.41) is 8.27. The summed E-state index contributed by atoms with van der Waals surface area (Å²) in [7, 11) is 0. The highest BCUT2D eigenvalue weighted by Crippen LogP contribution is 2.36. The van der Waals surface area contributed by atoms with E-state index in [2.05, 4.69) is 10.4 Å².